The molecule has 3 N–H and O–H groups in total. The minimum absolute atomic E-state index is 0.0797. The van der Waals surface area contributed by atoms with Gasteiger partial charge in [0.1, 0.15) is 6.10 Å². The monoisotopic (exact) mass is 918 g/mol. The summed E-state index contributed by atoms with van der Waals surface area (Å²) in [5.41, 5.74) is 0. The van der Waals surface area contributed by atoms with Crippen LogP contribution in [0, 0.1) is 0 Å². The molecule has 0 aliphatic carbocycles. The van der Waals surface area contributed by atoms with Crippen LogP contribution in [0.4, 0.5) is 0 Å². The Kier molecular flexibility index (Phi) is 52.4. The molecule has 0 aromatic rings. The Balaban J connectivity index is 4.52. The lowest BCUT2D eigenvalue weighted by Gasteiger charge is -2.24. The molecule has 0 aromatic heterocycles. The lowest BCUT2D eigenvalue weighted by atomic mass is 10.0. The summed E-state index contributed by atoms with van der Waals surface area (Å²) in [5.74, 6) is -0.469. The molecule has 6 nitrogen and oxygen atoms in total. The van der Waals surface area contributed by atoms with E-state index in [-0.39, 0.29) is 24.9 Å². The van der Waals surface area contributed by atoms with Crippen LogP contribution in [0.1, 0.15) is 329 Å². The highest BCUT2D eigenvalue weighted by molar-refractivity contribution is 5.77. The molecular weight excluding hydrogens is 803 g/mol. The number of allylic oxidation sites excluding steroid dienone is 2. The van der Waals surface area contributed by atoms with Crippen molar-refractivity contribution in [1.29, 1.82) is 0 Å². The van der Waals surface area contributed by atoms with Gasteiger partial charge in [-0.1, -0.05) is 277 Å². The van der Waals surface area contributed by atoms with Crippen LogP contribution in [0.25, 0.3) is 0 Å². The average Bonchev–Trinajstić information content (AvgIpc) is 3.30. The highest BCUT2D eigenvalue weighted by atomic mass is 16.5. The molecule has 0 aliphatic heterocycles. The van der Waals surface area contributed by atoms with Crippen LogP contribution >= 0.6 is 0 Å². The summed E-state index contributed by atoms with van der Waals surface area (Å²) in [6, 6.07) is -0.699. The molecule has 0 aliphatic rings. The normalized spacial score (nSPS) is 13.1. The molecule has 0 aromatic carbocycles. The molecule has 386 valence electrons. The van der Waals surface area contributed by atoms with Gasteiger partial charge in [-0.15, -0.1) is 0 Å². The number of hydrogen-bond acceptors (Lipinski definition) is 5. The maximum atomic E-state index is 13.3. The molecule has 3 unspecified atom stereocenters. The Morgan fingerprint density at radius 3 is 1.09 bits per heavy atom. The van der Waals surface area contributed by atoms with Crippen molar-refractivity contribution >= 4 is 11.9 Å². The largest absolute Gasteiger partial charge is 0.462 e. The van der Waals surface area contributed by atoms with Gasteiger partial charge < -0.3 is 20.3 Å². The second kappa shape index (κ2) is 53.6. The fourth-order valence-electron chi connectivity index (χ4n) is 9.37. The summed E-state index contributed by atoms with van der Waals surface area (Å²) in [5, 5.41) is 23.9. The SMILES string of the molecule is CCCCCCCCC/C=C\CCCCCC(=O)OC(CCCCCCCCCCCCCCCCCCC)CC(=O)NC(CO)C(O)CCCCCCCCCCCCCCCCC. The molecule has 6 heteroatoms. The number of aliphatic hydroxyl groups is 2. The standard InChI is InChI=1S/C59H115NO5/c1-4-7-10-13-16-19-22-25-28-29-31-32-35-38-41-44-47-50-55(65-59(64)52-49-46-43-40-37-34-27-24-21-18-15-12-9-6-3)53-58(63)60-56(54-61)57(62)51-48-45-42-39-36-33-30-26-23-20-17-14-11-8-5-2/h34,37,55-57,61-62H,4-33,35-36,38-54H2,1-3H3,(H,60,63)/b37-34-. The second-order valence-corrected chi connectivity index (χ2v) is 20.4. The number of carbonyl (C=O) groups is 2. The van der Waals surface area contributed by atoms with E-state index in [4.69, 9.17) is 4.74 Å². The fourth-order valence-corrected chi connectivity index (χ4v) is 9.37. The van der Waals surface area contributed by atoms with Crippen molar-refractivity contribution < 1.29 is 24.5 Å². The van der Waals surface area contributed by atoms with Crippen molar-refractivity contribution in [2.24, 2.45) is 0 Å². The number of esters is 1. The fraction of sp³-hybridized carbons (Fsp3) is 0.932. The summed E-state index contributed by atoms with van der Waals surface area (Å²) in [6.07, 6.45) is 61.4. The van der Waals surface area contributed by atoms with E-state index in [0.29, 0.717) is 19.3 Å². The van der Waals surface area contributed by atoms with Crippen molar-refractivity contribution in [2.45, 2.75) is 347 Å². The first-order valence-electron chi connectivity index (χ1n) is 29.4. The third-order valence-corrected chi connectivity index (χ3v) is 13.8. The summed E-state index contributed by atoms with van der Waals surface area (Å²) < 4.78 is 5.96. The van der Waals surface area contributed by atoms with E-state index in [1.807, 2.05) is 0 Å². The van der Waals surface area contributed by atoms with E-state index in [1.54, 1.807) is 0 Å². The lowest BCUT2D eigenvalue weighted by Crippen LogP contribution is -2.46. The van der Waals surface area contributed by atoms with Gasteiger partial charge in [-0.3, -0.25) is 9.59 Å². The van der Waals surface area contributed by atoms with Gasteiger partial charge in [-0.05, 0) is 51.4 Å². The van der Waals surface area contributed by atoms with E-state index in [2.05, 4.69) is 38.2 Å². The summed E-state index contributed by atoms with van der Waals surface area (Å²) in [4.78, 5) is 26.3. The number of ether oxygens (including phenoxy) is 1. The number of unbranched alkanes of at least 4 members (excludes halogenated alkanes) is 40. The lowest BCUT2D eigenvalue weighted by molar-refractivity contribution is -0.151. The van der Waals surface area contributed by atoms with E-state index < -0.39 is 18.2 Å². The van der Waals surface area contributed by atoms with Crippen LogP contribution in [0.5, 0.6) is 0 Å². The Morgan fingerprint density at radius 1 is 0.431 bits per heavy atom. The highest BCUT2D eigenvalue weighted by Gasteiger charge is 2.24. The van der Waals surface area contributed by atoms with E-state index in [9.17, 15) is 19.8 Å². The van der Waals surface area contributed by atoms with E-state index >= 15 is 0 Å². The van der Waals surface area contributed by atoms with Crippen molar-refractivity contribution in [3.63, 3.8) is 0 Å². The third kappa shape index (κ3) is 48.9. The van der Waals surface area contributed by atoms with Gasteiger partial charge in [-0.2, -0.15) is 0 Å². The molecule has 0 spiro atoms. The molecular formula is C59H115NO5. The van der Waals surface area contributed by atoms with Gasteiger partial charge in [0.2, 0.25) is 5.91 Å². The van der Waals surface area contributed by atoms with Gasteiger partial charge in [0.25, 0.3) is 0 Å². The number of rotatable bonds is 54. The van der Waals surface area contributed by atoms with Crippen LogP contribution in [0.3, 0.4) is 0 Å². The van der Waals surface area contributed by atoms with Crippen molar-refractivity contribution in [2.75, 3.05) is 6.61 Å². The number of nitrogens with one attached hydrogen (secondary N) is 1. The molecule has 0 fully saturated rings. The molecule has 0 saturated heterocycles. The molecule has 0 heterocycles. The Hall–Kier alpha value is -1.40. The molecule has 3 atom stereocenters. The Bertz CT molecular complexity index is 986. The molecule has 0 saturated carbocycles. The van der Waals surface area contributed by atoms with Crippen LogP contribution in [-0.4, -0.2) is 46.9 Å². The first-order chi connectivity index (χ1) is 32.0. The topological polar surface area (TPSA) is 95.9 Å². The highest BCUT2D eigenvalue weighted by Crippen LogP contribution is 2.19. The summed E-state index contributed by atoms with van der Waals surface area (Å²) >= 11 is 0. The van der Waals surface area contributed by atoms with Gasteiger partial charge in [-0.25, -0.2) is 0 Å². The van der Waals surface area contributed by atoms with Gasteiger partial charge >= 0.3 is 5.97 Å². The van der Waals surface area contributed by atoms with E-state index in [1.165, 1.54) is 231 Å². The Labute approximate surface area is 406 Å². The van der Waals surface area contributed by atoms with E-state index in [0.717, 1.165) is 51.4 Å². The zero-order valence-electron chi connectivity index (χ0n) is 44.2. The van der Waals surface area contributed by atoms with Crippen LogP contribution in [-0.2, 0) is 14.3 Å². The first-order valence-corrected chi connectivity index (χ1v) is 29.4. The summed E-state index contributed by atoms with van der Waals surface area (Å²) in [7, 11) is 0. The molecule has 0 rings (SSSR count). The minimum Gasteiger partial charge on any atom is -0.462 e. The molecule has 1 amide bonds. The maximum Gasteiger partial charge on any atom is 0.306 e. The van der Waals surface area contributed by atoms with Crippen LogP contribution in [0.2, 0.25) is 0 Å². The second-order valence-electron chi connectivity index (χ2n) is 20.4. The van der Waals surface area contributed by atoms with Crippen molar-refractivity contribution in [3.05, 3.63) is 12.2 Å². The maximum absolute atomic E-state index is 13.3. The smallest absolute Gasteiger partial charge is 0.306 e. The Morgan fingerprint density at radius 2 is 0.738 bits per heavy atom. The predicted octanol–water partition coefficient (Wildman–Crippen LogP) is 18.1. The van der Waals surface area contributed by atoms with Gasteiger partial charge in [0, 0.05) is 6.42 Å². The number of hydrogen-bond donors (Lipinski definition) is 3. The number of aliphatic hydroxyl groups excluding tert-OH is 2. The molecule has 0 bridgehead atoms. The zero-order chi connectivity index (χ0) is 47.4. The van der Waals surface area contributed by atoms with Crippen molar-refractivity contribution in [1.82, 2.24) is 5.32 Å². The van der Waals surface area contributed by atoms with Crippen LogP contribution < -0.4 is 5.32 Å². The van der Waals surface area contributed by atoms with Crippen LogP contribution in [0.15, 0.2) is 12.2 Å². The predicted molar refractivity (Wildman–Crippen MR) is 283 cm³/mol. The van der Waals surface area contributed by atoms with Crippen molar-refractivity contribution in [3.8, 4) is 0 Å². The van der Waals surface area contributed by atoms with Gasteiger partial charge in [0.15, 0.2) is 0 Å². The quantitative estimate of drug-likeness (QED) is 0.0321. The average molecular weight is 919 g/mol. The van der Waals surface area contributed by atoms with Gasteiger partial charge in [0.05, 0.1) is 25.2 Å². The third-order valence-electron chi connectivity index (χ3n) is 13.8. The zero-order valence-corrected chi connectivity index (χ0v) is 44.2. The number of carbonyl (C=O) groups excluding carboxylic acids is 2. The molecule has 0 radical (unpaired) electrons. The first kappa shape index (κ1) is 63.6. The minimum atomic E-state index is -0.785. The summed E-state index contributed by atoms with van der Waals surface area (Å²) in [6.45, 7) is 6.53. The number of amides is 1. The molecule has 65 heavy (non-hydrogen) atoms.